The minimum atomic E-state index is -0.623. The lowest BCUT2D eigenvalue weighted by atomic mass is 10.2. The van der Waals surface area contributed by atoms with Crippen molar-refractivity contribution in [1.29, 1.82) is 0 Å². The molecule has 0 fully saturated rings. The van der Waals surface area contributed by atoms with E-state index in [2.05, 4.69) is 10.3 Å². The molecule has 1 rings (SSSR count). The molecule has 0 aromatic carbocycles. The number of nitrogens with zero attached hydrogens (tertiary/aromatic N) is 3. The van der Waals surface area contributed by atoms with Crippen LogP contribution in [0.4, 0.5) is 0 Å². The van der Waals surface area contributed by atoms with E-state index in [0.29, 0.717) is 18.7 Å². The largest absolute Gasteiger partial charge is 0.394 e. The van der Waals surface area contributed by atoms with Gasteiger partial charge >= 0.3 is 0 Å². The number of amides is 1. The Morgan fingerprint density at radius 3 is 2.88 bits per heavy atom. The average molecular weight is 228 g/mol. The number of hydrogen-bond donors (Lipinski definition) is 2. The Morgan fingerprint density at radius 2 is 2.38 bits per heavy atom. The van der Waals surface area contributed by atoms with E-state index in [9.17, 15) is 4.79 Å². The van der Waals surface area contributed by atoms with Crippen LogP contribution in [0.25, 0.3) is 0 Å². The summed E-state index contributed by atoms with van der Waals surface area (Å²) >= 11 is 0. The topological polar surface area (TPSA) is 103 Å². The van der Waals surface area contributed by atoms with Gasteiger partial charge in [-0.05, 0) is 6.92 Å². The van der Waals surface area contributed by atoms with Gasteiger partial charge in [-0.1, -0.05) is 5.21 Å². The molecule has 16 heavy (non-hydrogen) atoms. The maximum atomic E-state index is 11.1. The summed E-state index contributed by atoms with van der Waals surface area (Å²) in [6, 6.07) is -0.243. The van der Waals surface area contributed by atoms with E-state index in [4.69, 9.17) is 15.6 Å². The molecule has 1 unspecified atom stereocenters. The molecule has 0 aliphatic rings. The SMILES string of the molecule is COCCc1c(C(N)=O)nnn1C(C)CO. The molecule has 0 saturated heterocycles. The summed E-state index contributed by atoms with van der Waals surface area (Å²) in [5, 5.41) is 16.6. The van der Waals surface area contributed by atoms with Crippen LogP contribution in [-0.2, 0) is 11.2 Å². The molecule has 1 amide bonds. The van der Waals surface area contributed by atoms with E-state index in [-0.39, 0.29) is 18.3 Å². The van der Waals surface area contributed by atoms with Gasteiger partial charge in [0.1, 0.15) is 0 Å². The predicted octanol–water partition coefficient (Wildman–Crippen LogP) is -0.881. The molecule has 0 radical (unpaired) electrons. The highest BCUT2D eigenvalue weighted by Crippen LogP contribution is 2.12. The van der Waals surface area contributed by atoms with Gasteiger partial charge in [0, 0.05) is 13.5 Å². The highest BCUT2D eigenvalue weighted by Gasteiger charge is 2.19. The van der Waals surface area contributed by atoms with E-state index in [1.807, 2.05) is 0 Å². The first-order valence-electron chi connectivity index (χ1n) is 4.95. The smallest absolute Gasteiger partial charge is 0.271 e. The second-order valence-corrected chi connectivity index (χ2v) is 3.47. The van der Waals surface area contributed by atoms with Crippen LogP contribution in [0.3, 0.4) is 0 Å². The molecule has 1 aromatic rings. The number of aliphatic hydroxyl groups is 1. The maximum absolute atomic E-state index is 11.1. The van der Waals surface area contributed by atoms with Gasteiger partial charge in [-0.25, -0.2) is 4.68 Å². The van der Waals surface area contributed by atoms with Crippen LogP contribution in [0, 0.1) is 0 Å². The summed E-state index contributed by atoms with van der Waals surface area (Å²) in [4.78, 5) is 11.1. The van der Waals surface area contributed by atoms with Gasteiger partial charge in [-0.3, -0.25) is 4.79 Å². The Morgan fingerprint density at radius 1 is 1.69 bits per heavy atom. The van der Waals surface area contributed by atoms with Crippen LogP contribution in [0.5, 0.6) is 0 Å². The van der Waals surface area contributed by atoms with Crippen LogP contribution in [-0.4, -0.2) is 46.3 Å². The van der Waals surface area contributed by atoms with Crippen molar-refractivity contribution in [3.8, 4) is 0 Å². The molecule has 1 aromatic heterocycles. The first kappa shape index (κ1) is 12.6. The first-order chi connectivity index (χ1) is 7.61. The van der Waals surface area contributed by atoms with Gasteiger partial charge in [-0.2, -0.15) is 0 Å². The summed E-state index contributed by atoms with van der Waals surface area (Å²) in [6.07, 6.45) is 0.478. The zero-order valence-corrected chi connectivity index (χ0v) is 9.38. The molecule has 0 saturated carbocycles. The van der Waals surface area contributed by atoms with Crippen molar-refractivity contribution < 1.29 is 14.6 Å². The third-order valence-electron chi connectivity index (χ3n) is 2.25. The van der Waals surface area contributed by atoms with Crippen molar-refractivity contribution in [2.45, 2.75) is 19.4 Å². The Balaban J connectivity index is 3.03. The second-order valence-electron chi connectivity index (χ2n) is 3.47. The number of nitrogens with two attached hydrogens (primary N) is 1. The quantitative estimate of drug-likeness (QED) is 0.658. The summed E-state index contributed by atoms with van der Waals surface area (Å²) in [7, 11) is 1.56. The number of primary amides is 1. The van der Waals surface area contributed by atoms with Gasteiger partial charge in [0.25, 0.3) is 5.91 Å². The van der Waals surface area contributed by atoms with Gasteiger partial charge in [0.05, 0.1) is 24.9 Å². The molecule has 7 nitrogen and oxygen atoms in total. The normalized spacial score (nSPS) is 12.7. The number of carbonyl (C=O) groups excluding carboxylic acids is 1. The molecule has 0 spiro atoms. The number of aromatic nitrogens is 3. The second kappa shape index (κ2) is 5.57. The summed E-state index contributed by atoms with van der Waals surface area (Å²) < 4.78 is 6.43. The molecule has 0 aliphatic carbocycles. The molecular formula is C9H16N4O3. The fourth-order valence-corrected chi connectivity index (χ4v) is 1.37. The van der Waals surface area contributed by atoms with Crippen LogP contribution in [0.2, 0.25) is 0 Å². The van der Waals surface area contributed by atoms with E-state index >= 15 is 0 Å². The van der Waals surface area contributed by atoms with Gasteiger partial charge in [0.2, 0.25) is 0 Å². The van der Waals surface area contributed by atoms with E-state index in [1.54, 1.807) is 14.0 Å². The van der Waals surface area contributed by atoms with Crippen molar-refractivity contribution in [3.63, 3.8) is 0 Å². The fraction of sp³-hybridized carbons (Fsp3) is 0.667. The highest BCUT2D eigenvalue weighted by molar-refractivity contribution is 5.91. The third kappa shape index (κ3) is 2.56. The molecular weight excluding hydrogens is 212 g/mol. The van der Waals surface area contributed by atoms with Gasteiger partial charge in [-0.15, -0.1) is 5.10 Å². The van der Waals surface area contributed by atoms with E-state index in [1.165, 1.54) is 4.68 Å². The Kier molecular flexibility index (Phi) is 4.39. The number of rotatable bonds is 6. The summed E-state index contributed by atoms with van der Waals surface area (Å²) in [6.45, 7) is 2.13. The van der Waals surface area contributed by atoms with Crippen LogP contribution in [0.1, 0.15) is 29.1 Å². The van der Waals surface area contributed by atoms with Crippen LogP contribution < -0.4 is 5.73 Å². The molecule has 0 aliphatic heterocycles. The van der Waals surface area contributed by atoms with Crippen molar-refractivity contribution >= 4 is 5.91 Å². The van der Waals surface area contributed by atoms with Crippen molar-refractivity contribution in [1.82, 2.24) is 15.0 Å². The van der Waals surface area contributed by atoms with Gasteiger partial charge < -0.3 is 15.6 Å². The minimum absolute atomic E-state index is 0.0818. The lowest BCUT2D eigenvalue weighted by Gasteiger charge is -2.11. The zero-order valence-electron chi connectivity index (χ0n) is 9.38. The molecule has 3 N–H and O–H groups in total. The number of ether oxygens (including phenoxy) is 1. The maximum Gasteiger partial charge on any atom is 0.271 e. The van der Waals surface area contributed by atoms with Crippen LogP contribution >= 0.6 is 0 Å². The lowest BCUT2D eigenvalue weighted by Crippen LogP contribution is -2.19. The first-order valence-corrected chi connectivity index (χ1v) is 4.95. The summed E-state index contributed by atoms with van der Waals surface area (Å²) in [5.74, 6) is -0.623. The van der Waals surface area contributed by atoms with Crippen molar-refractivity contribution in [3.05, 3.63) is 11.4 Å². The minimum Gasteiger partial charge on any atom is -0.394 e. The molecule has 1 heterocycles. The van der Waals surface area contributed by atoms with Crippen LogP contribution in [0.15, 0.2) is 0 Å². The lowest BCUT2D eigenvalue weighted by molar-refractivity contribution is 0.0993. The predicted molar refractivity (Wildman–Crippen MR) is 55.9 cm³/mol. The molecule has 0 bridgehead atoms. The van der Waals surface area contributed by atoms with Crippen molar-refractivity contribution in [2.75, 3.05) is 20.3 Å². The Hall–Kier alpha value is -1.47. The zero-order chi connectivity index (χ0) is 12.1. The third-order valence-corrected chi connectivity index (χ3v) is 2.25. The van der Waals surface area contributed by atoms with Gasteiger partial charge in [0.15, 0.2) is 5.69 Å². The van der Waals surface area contributed by atoms with E-state index < -0.39 is 5.91 Å². The Bertz CT molecular complexity index is 364. The highest BCUT2D eigenvalue weighted by atomic mass is 16.5. The van der Waals surface area contributed by atoms with E-state index in [0.717, 1.165) is 0 Å². The molecule has 90 valence electrons. The average Bonchev–Trinajstić information content (AvgIpc) is 2.68. The fourth-order valence-electron chi connectivity index (χ4n) is 1.37. The number of hydrogen-bond acceptors (Lipinski definition) is 5. The number of aliphatic hydroxyl groups excluding tert-OH is 1. The Labute approximate surface area is 93.2 Å². The standard InChI is InChI=1S/C9H16N4O3/c1-6(5-14)13-7(3-4-16-2)8(9(10)15)11-12-13/h6,14H,3-5H2,1-2H3,(H2,10,15). The monoisotopic (exact) mass is 228 g/mol. The number of methoxy groups -OCH3 is 1. The molecule has 7 heteroatoms. The van der Waals surface area contributed by atoms with Crippen molar-refractivity contribution in [2.24, 2.45) is 5.73 Å². The summed E-state index contributed by atoms with van der Waals surface area (Å²) in [5.41, 5.74) is 5.91. The molecule has 1 atom stereocenters. The number of carbonyl (C=O) groups is 1.